The standard InChI is InChI=1S/C14H16BrNO3/c1-9(14(19)16-7-12(17)8-16)5-13(18)10-3-2-4-11(15)6-10/h2-4,6,9,12,17H,5,7-8H2,1H3. The Balaban J connectivity index is 1.93. The van der Waals surface area contributed by atoms with Gasteiger partial charge in [0.1, 0.15) is 0 Å². The quantitative estimate of drug-likeness (QED) is 0.860. The molecule has 1 aromatic rings. The summed E-state index contributed by atoms with van der Waals surface area (Å²) < 4.78 is 0.850. The highest BCUT2D eigenvalue weighted by molar-refractivity contribution is 9.10. The summed E-state index contributed by atoms with van der Waals surface area (Å²) in [4.78, 5) is 25.6. The summed E-state index contributed by atoms with van der Waals surface area (Å²) in [7, 11) is 0. The van der Waals surface area contributed by atoms with E-state index in [0.717, 1.165) is 4.47 Å². The van der Waals surface area contributed by atoms with E-state index in [9.17, 15) is 14.7 Å². The molecule has 1 amide bonds. The van der Waals surface area contributed by atoms with E-state index >= 15 is 0 Å². The maximum absolute atomic E-state index is 12.1. The lowest BCUT2D eigenvalue weighted by Crippen LogP contribution is -2.55. The first-order valence-electron chi connectivity index (χ1n) is 6.23. The average molecular weight is 326 g/mol. The summed E-state index contributed by atoms with van der Waals surface area (Å²) in [6.07, 6.45) is -0.209. The first-order chi connectivity index (χ1) is 8.97. The van der Waals surface area contributed by atoms with Gasteiger partial charge in [-0.2, -0.15) is 0 Å². The van der Waals surface area contributed by atoms with Crippen LogP contribution in [0.2, 0.25) is 0 Å². The fourth-order valence-electron chi connectivity index (χ4n) is 2.09. The number of aliphatic hydroxyl groups is 1. The average Bonchev–Trinajstić information content (AvgIpc) is 2.34. The van der Waals surface area contributed by atoms with Gasteiger partial charge in [0, 0.05) is 35.5 Å². The summed E-state index contributed by atoms with van der Waals surface area (Å²) >= 11 is 3.32. The van der Waals surface area contributed by atoms with E-state index in [-0.39, 0.29) is 24.0 Å². The van der Waals surface area contributed by atoms with Crippen LogP contribution in [-0.2, 0) is 4.79 Å². The van der Waals surface area contributed by atoms with E-state index in [4.69, 9.17) is 0 Å². The van der Waals surface area contributed by atoms with Crippen LogP contribution in [0.15, 0.2) is 28.7 Å². The lowest BCUT2D eigenvalue weighted by molar-refractivity contribution is -0.145. The highest BCUT2D eigenvalue weighted by Gasteiger charge is 2.32. The summed E-state index contributed by atoms with van der Waals surface area (Å²) in [6, 6.07) is 7.16. The van der Waals surface area contributed by atoms with Crippen LogP contribution in [0.3, 0.4) is 0 Å². The Morgan fingerprint density at radius 1 is 1.47 bits per heavy atom. The number of benzene rings is 1. The smallest absolute Gasteiger partial charge is 0.226 e. The molecule has 0 saturated carbocycles. The summed E-state index contributed by atoms with van der Waals surface area (Å²) in [5.74, 6) is -0.448. The van der Waals surface area contributed by atoms with Crippen LogP contribution >= 0.6 is 15.9 Å². The van der Waals surface area contributed by atoms with Gasteiger partial charge in [-0.05, 0) is 12.1 Å². The molecule has 1 fully saturated rings. The topological polar surface area (TPSA) is 57.6 Å². The Kier molecular flexibility index (Phi) is 4.37. The Morgan fingerprint density at radius 2 is 2.16 bits per heavy atom. The van der Waals surface area contributed by atoms with Gasteiger partial charge in [0.15, 0.2) is 5.78 Å². The largest absolute Gasteiger partial charge is 0.389 e. The number of β-amino-alcohol motifs (C(OH)–C–C–N with tert-alkyl or cyclic N) is 1. The fourth-order valence-corrected chi connectivity index (χ4v) is 2.49. The molecule has 2 rings (SSSR count). The molecule has 1 saturated heterocycles. The van der Waals surface area contributed by atoms with Gasteiger partial charge in [-0.3, -0.25) is 9.59 Å². The van der Waals surface area contributed by atoms with Crippen LogP contribution in [0.1, 0.15) is 23.7 Å². The van der Waals surface area contributed by atoms with Crippen LogP contribution in [0.4, 0.5) is 0 Å². The monoisotopic (exact) mass is 325 g/mol. The Morgan fingerprint density at radius 3 is 2.74 bits per heavy atom. The molecule has 1 unspecified atom stereocenters. The number of halogens is 1. The van der Waals surface area contributed by atoms with Crippen molar-refractivity contribution in [3.63, 3.8) is 0 Å². The number of hydrogen-bond acceptors (Lipinski definition) is 3. The number of rotatable bonds is 4. The van der Waals surface area contributed by atoms with Gasteiger partial charge < -0.3 is 10.0 Å². The zero-order chi connectivity index (χ0) is 14.0. The highest BCUT2D eigenvalue weighted by Crippen LogP contribution is 2.18. The third kappa shape index (κ3) is 3.42. The minimum absolute atomic E-state index is 0.0387. The Hall–Kier alpha value is -1.20. The molecule has 1 atom stereocenters. The van der Waals surface area contributed by atoms with E-state index in [0.29, 0.717) is 18.7 Å². The van der Waals surface area contributed by atoms with Crippen molar-refractivity contribution in [1.82, 2.24) is 4.90 Å². The summed E-state index contributed by atoms with van der Waals surface area (Å²) in [5, 5.41) is 9.17. The molecule has 102 valence electrons. The predicted molar refractivity (Wildman–Crippen MR) is 74.8 cm³/mol. The van der Waals surface area contributed by atoms with Crippen LogP contribution in [0.5, 0.6) is 0 Å². The van der Waals surface area contributed by atoms with Crippen LogP contribution in [0.25, 0.3) is 0 Å². The minimum Gasteiger partial charge on any atom is -0.389 e. The van der Waals surface area contributed by atoms with E-state index in [2.05, 4.69) is 15.9 Å². The van der Waals surface area contributed by atoms with Crippen molar-refractivity contribution in [3.8, 4) is 0 Å². The molecule has 1 aromatic carbocycles. The van der Waals surface area contributed by atoms with Gasteiger partial charge in [-0.1, -0.05) is 35.0 Å². The molecule has 0 bridgehead atoms. The SMILES string of the molecule is CC(CC(=O)c1cccc(Br)c1)C(=O)N1CC(O)C1. The molecule has 0 radical (unpaired) electrons. The molecule has 1 heterocycles. The molecular weight excluding hydrogens is 310 g/mol. The van der Waals surface area contributed by atoms with Crippen molar-refractivity contribution in [1.29, 1.82) is 0 Å². The number of nitrogens with zero attached hydrogens (tertiary/aromatic N) is 1. The van der Waals surface area contributed by atoms with Crippen molar-refractivity contribution in [2.45, 2.75) is 19.4 Å². The second-order valence-corrected chi connectivity index (χ2v) is 5.85. The third-order valence-electron chi connectivity index (χ3n) is 3.23. The van der Waals surface area contributed by atoms with Crippen molar-refractivity contribution >= 4 is 27.6 Å². The lowest BCUT2D eigenvalue weighted by Gasteiger charge is -2.37. The van der Waals surface area contributed by atoms with Gasteiger partial charge in [0.25, 0.3) is 0 Å². The Bertz CT molecular complexity index is 497. The number of aliphatic hydroxyl groups excluding tert-OH is 1. The fraction of sp³-hybridized carbons (Fsp3) is 0.429. The lowest BCUT2D eigenvalue weighted by atomic mass is 9.97. The van der Waals surface area contributed by atoms with Gasteiger partial charge in [0.2, 0.25) is 5.91 Å². The first-order valence-corrected chi connectivity index (χ1v) is 7.02. The molecule has 0 spiro atoms. The number of amides is 1. The van der Waals surface area contributed by atoms with Gasteiger partial charge in [-0.25, -0.2) is 0 Å². The number of likely N-dealkylation sites (tertiary alicyclic amines) is 1. The van der Waals surface area contributed by atoms with Crippen molar-refractivity contribution in [3.05, 3.63) is 34.3 Å². The predicted octanol–water partition coefficient (Wildman–Crippen LogP) is 1.86. The molecule has 19 heavy (non-hydrogen) atoms. The Labute approximate surface area is 120 Å². The molecule has 4 nitrogen and oxygen atoms in total. The zero-order valence-electron chi connectivity index (χ0n) is 10.7. The summed E-state index contributed by atoms with van der Waals surface area (Å²) in [6.45, 7) is 2.52. The van der Waals surface area contributed by atoms with E-state index < -0.39 is 6.10 Å². The number of ketones is 1. The third-order valence-corrected chi connectivity index (χ3v) is 3.73. The normalized spacial score (nSPS) is 16.9. The van der Waals surface area contributed by atoms with E-state index in [1.54, 1.807) is 30.0 Å². The first kappa shape index (κ1) is 14.2. The van der Waals surface area contributed by atoms with Gasteiger partial charge in [-0.15, -0.1) is 0 Å². The highest BCUT2D eigenvalue weighted by atomic mass is 79.9. The van der Waals surface area contributed by atoms with Crippen molar-refractivity contribution < 1.29 is 14.7 Å². The van der Waals surface area contributed by atoms with Crippen LogP contribution < -0.4 is 0 Å². The number of carbonyl (C=O) groups excluding carboxylic acids is 2. The molecule has 1 aliphatic rings. The van der Waals surface area contributed by atoms with E-state index in [1.165, 1.54) is 0 Å². The molecule has 0 aliphatic carbocycles. The molecule has 1 N–H and O–H groups in total. The van der Waals surface area contributed by atoms with Crippen molar-refractivity contribution in [2.75, 3.05) is 13.1 Å². The number of hydrogen-bond donors (Lipinski definition) is 1. The zero-order valence-corrected chi connectivity index (χ0v) is 12.3. The van der Waals surface area contributed by atoms with Crippen molar-refractivity contribution in [2.24, 2.45) is 5.92 Å². The molecule has 0 aromatic heterocycles. The molecule has 5 heteroatoms. The maximum atomic E-state index is 12.1. The van der Waals surface area contributed by atoms with Gasteiger partial charge in [0.05, 0.1) is 6.10 Å². The van der Waals surface area contributed by atoms with E-state index in [1.807, 2.05) is 6.07 Å². The summed E-state index contributed by atoms with van der Waals surface area (Å²) in [5.41, 5.74) is 0.609. The molecule has 1 aliphatic heterocycles. The maximum Gasteiger partial charge on any atom is 0.226 e. The molecular formula is C14H16BrNO3. The second kappa shape index (κ2) is 5.84. The number of carbonyl (C=O) groups is 2. The minimum atomic E-state index is -0.406. The van der Waals surface area contributed by atoms with Crippen LogP contribution in [-0.4, -0.2) is 40.9 Å². The second-order valence-electron chi connectivity index (χ2n) is 4.94. The van der Waals surface area contributed by atoms with Gasteiger partial charge >= 0.3 is 0 Å². The van der Waals surface area contributed by atoms with Crippen LogP contribution in [0, 0.1) is 5.92 Å². The number of Topliss-reactive ketones (excluding diaryl/α,β-unsaturated/α-hetero) is 1.